The smallest absolute Gasteiger partial charge is 0.0406 e. The van der Waals surface area contributed by atoms with Crippen LogP contribution in [0.5, 0.6) is 0 Å². The Morgan fingerprint density at radius 1 is 1.26 bits per heavy atom. The van der Waals surface area contributed by atoms with Crippen LogP contribution in [0.3, 0.4) is 0 Å². The van der Waals surface area contributed by atoms with Crippen LogP contribution < -0.4 is 5.73 Å². The fourth-order valence-electron chi connectivity index (χ4n) is 2.10. The van der Waals surface area contributed by atoms with E-state index in [-0.39, 0.29) is 5.41 Å². The molecule has 19 heavy (non-hydrogen) atoms. The lowest BCUT2D eigenvalue weighted by atomic mass is 9.88. The van der Waals surface area contributed by atoms with Crippen LogP contribution in [0, 0.1) is 5.41 Å². The lowest BCUT2D eigenvalue weighted by molar-refractivity contribution is 0.234. The van der Waals surface area contributed by atoms with E-state index in [4.69, 9.17) is 17.3 Å². The summed E-state index contributed by atoms with van der Waals surface area (Å²) in [5.74, 6) is 0. The Balaban J connectivity index is 2.45. The third-order valence-electron chi connectivity index (χ3n) is 3.93. The summed E-state index contributed by atoms with van der Waals surface area (Å²) < 4.78 is 0. The summed E-state index contributed by atoms with van der Waals surface area (Å²) in [6.07, 6.45) is 2.35. The van der Waals surface area contributed by atoms with Crippen molar-refractivity contribution in [2.24, 2.45) is 11.1 Å². The first kappa shape index (κ1) is 16.5. The third kappa shape index (κ3) is 5.52. The molecular weight excluding hydrogens is 256 g/mol. The molecule has 1 aromatic carbocycles. The topological polar surface area (TPSA) is 29.3 Å². The van der Waals surface area contributed by atoms with Crippen LogP contribution in [-0.2, 0) is 0 Å². The van der Waals surface area contributed by atoms with Gasteiger partial charge in [-0.15, -0.1) is 0 Å². The van der Waals surface area contributed by atoms with Crippen molar-refractivity contribution in [3.8, 4) is 0 Å². The SMILES string of the molecule is CC(c1ccc(Cl)cc1)N(C)CCCC(C)(C)CN. The van der Waals surface area contributed by atoms with E-state index in [0.29, 0.717) is 6.04 Å². The summed E-state index contributed by atoms with van der Waals surface area (Å²) in [5.41, 5.74) is 7.33. The molecule has 0 radical (unpaired) electrons. The number of hydrogen-bond acceptors (Lipinski definition) is 2. The summed E-state index contributed by atoms with van der Waals surface area (Å²) in [4.78, 5) is 2.38. The van der Waals surface area contributed by atoms with Crippen LogP contribution in [0.25, 0.3) is 0 Å². The summed E-state index contributed by atoms with van der Waals surface area (Å²) >= 11 is 5.92. The standard InChI is InChI=1S/C16H27ClN2/c1-13(14-6-8-15(17)9-7-14)19(4)11-5-10-16(2,3)12-18/h6-9,13H,5,10-12,18H2,1-4H3. The quantitative estimate of drug-likeness (QED) is 0.816. The van der Waals surface area contributed by atoms with Gasteiger partial charge in [-0.2, -0.15) is 0 Å². The zero-order valence-corrected chi connectivity index (χ0v) is 13.4. The Kier molecular flexibility index (Phi) is 6.31. The molecule has 2 N–H and O–H groups in total. The zero-order valence-electron chi connectivity index (χ0n) is 12.6. The predicted octanol–water partition coefficient (Wildman–Crippen LogP) is 4.10. The first-order chi connectivity index (χ1) is 8.85. The normalized spacial score (nSPS) is 13.8. The van der Waals surface area contributed by atoms with E-state index in [0.717, 1.165) is 18.1 Å². The van der Waals surface area contributed by atoms with Crippen molar-refractivity contribution in [3.05, 3.63) is 34.9 Å². The molecule has 108 valence electrons. The minimum absolute atomic E-state index is 0.254. The molecule has 2 nitrogen and oxygen atoms in total. The molecule has 0 saturated carbocycles. The molecule has 0 aliphatic carbocycles. The van der Waals surface area contributed by atoms with E-state index in [2.05, 4.69) is 44.9 Å². The molecular formula is C16H27ClN2. The highest BCUT2D eigenvalue weighted by atomic mass is 35.5. The molecule has 0 aliphatic heterocycles. The van der Waals surface area contributed by atoms with Gasteiger partial charge in [-0.1, -0.05) is 37.6 Å². The van der Waals surface area contributed by atoms with Crippen LogP contribution in [0.15, 0.2) is 24.3 Å². The molecule has 0 amide bonds. The highest BCUT2D eigenvalue weighted by Crippen LogP contribution is 2.24. The molecule has 0 fully saturated rings. The van der Waals surface area contributed by atoms with Gasteiger partial charge in [0.25, 0.3) is 0 Å². The van der Waals surface area contributed by atoms with Crippen LogP contribution >= 0.6 is 11.6 Å². The molecule has 3 heteroatoms. The fraction of sp³-hybridized carbons (Fsp3) is 0.625. The van der Waals surface area contributed by atoms with Gasteiger partial charge in [-0.3, -0.25) is 4.90 Å². The second-order valence-corrected chi connectivity index (χ2v) is 6.62. The average molecular weight is 283 g/mol. The number of halogens is 1. The minimum atomic E-state index is 0.254. The maximum atomic E-state index is 5.92. The summed E-state index contributed by atoms with van der Waals surface area (Å²) in [6, 6.07) is 8.54. The van der Waals surface area contributed by atoms with Crippen molar-refractivity contribution in [3.63, 3.8) is 0 Å². The lowest BCUT2D eigenvalue weighted by Gasteiger charge is -2.28. The second-order valence-electron chi connectivity index (χ2n) is 6.18. The number of benzene rings is 1. The van der Waals surface area contributed by atoms with Crippen LogP contribution in [-0.4, -0.2) is 25.0 Å². The second kappa shape index (κ2) is 7.28. The summed E-state index contributed by atoms with van der Waals surface area (Å²) in [7, 11) is 2.18. The van der Waals surface area contributed by atoms with Gasteiger partial charge in [-0.05, 0) is 63.0 Å². The largest absolute Gasteiger partial charge is 0.330 e. The van der Waals surface area contributed by atoms with E-state index in [1.165, 1.54) is 18.4 Å². The Labute approximate surface area is 122 Å². The van der Waals surface area contributed by atoms with Crippen molar-refractivity contribution in [1.82, 2.24) is 4.90 Å². The van der Waals surface area contributed by atoms with Gasteiger partial charge in [0.2, 0.25) is 0 Å². The summed E-state index contributed by atoms with van der Waals surface area (Å²) in [6.45, 7) is 8.54. The molecule has 0 bridgehead atoms. The lowest BCUT2D eigenvalue weighted by Crippen LogP contribution is -2.27. The maximum absolute atomic E-state index is 5.92. The van der Waals surface area contributed by atoms with Crippen molar-refractivity contribution >= 4 is 11.6 Å². The van der Waals surface area contributed by atoms with E-state index in [9.17, 15) is 0 Å². The highest BCUT2D eigenvalue weighted by Gasteiger charge is 2.16. The molecule has 0 saturated heterocycles. The van der Waals surface area contributed by atoms with Crippen molar-refractivity contribution in [2.75, 3.05) is 20.1 Å². The number of nitrogens with two attached hydrogens (primary N) is 1. The van der Waals surface area contributed by atoms with Gasteiger partial charge >= 0.3 is 0 Å². The van der Waals surface area contributed by atoms with Gasteiger partial charge in [0, 0.05) is 11.1 Å². The van der Waals surface area contributed by atoms with Gasteiger partial charge in [0.15, 0.2) is 0 Å². The number of rotatable bonds is 7. The molecule has 0 heterocycles. The van der Waals surface area contributed by atoms with Gasteiger partial charge in [0.1, 0.15) is 0 Å². The highest BCUT2D eigenvalue weighted by molar-refractivity contribution is 6.30. The summed E-state index contributed by atoms with van der Waals surface area (Å²) in [5, 5.41) is 0.795. The molecule has 0 spiro atoms. The predicted molar refractivity (Wildman–Crippen MR) is 84.6 cm³/mol. The third-order valence-corrected chi connectivity index (χ3v) is 4.18. The monoisotopic (exact) mass is 282 g/mol. The molecule has 1 rings (SSSR count). The maximum Gasteiger partial charge on any atom is 0.0406 e. The minimum Gasteiger partial charge on any atom is -0.330 e. The van der Waals surface area contributed by atoms with E-state index >= 15 is 0 Å². The molecule has 0 aromatic heterocycles. The van der Waals surface area contributed by atoms with Crippen LogP contribution in [0.4, 0.5) is 0 Å². The van der Waals surface area contributed by atoms with Gasteiger partial charge < -0.3 is 5.73 Å². The Bertz CT molecular complexity index is 373. The Hall–Kier alpha value is -0.570. The van der Waals surface area contributed by atoms with E-state index < -0.39 is 0 Å². The number of hydrogen-bond donors (Lipinski definition) is 1. The first-order valence-electron chi connectivity index (χ1n) is 7.01. The van der Waals surface area contributed by atoms with E-state index in [1.807, 2.05) is 12.1 Å². The van der Waals surface area contributed by atoms with Crippen molar-refractivity contribution in [1.29, 1.82) is 0 Å². The number of nitrogens with zero attached hydrogens (tertiary/aromatic N) is 1. The van der Waals surface area contributed by atoms with Crippen LogP contribution in [0.2, 0.25) is 5.02 Å². The van der Waals surface area contributed by atoms with E-state index in [1.54, 1.807) is 0 Å². The van der Waals surface area contributed by atoms with Crippen molar-refractivity contribution < 1.29 is 0 Å². The van der Waals surface area contributed by atoms with Gasteiger partial charge in [-0.25, -0.2) is 0 Å². The van der Waals surface area contributed by atoms with Crippen molar-refractivity contribution in [2.45, 2.75) is 39.7 Å². The average Bonchev–Trinajstić information content (AvgIpc) is 2.38. The fourth-order valence-corrected chi connectivity index (χ4v) is 2.22. The van der Waals surface area contributed by atoms with Gasteiger partial charge in [0.05, 0.1) is 0 Å². The first-order valence-corrected chi connectivity index (χ1v) is 7.39. The Morgan fingerprint density at radius 2 is 1.84 bits per heavy atom. The molecule has 0 aliphatic rings. The molecule has 1 atom stereocenters. The zero-order chi connectivity index (χ0) is 14.5. The molecule has 1 aromatic rings. The Morgan fingerprint density at radius 3 is 2.37 bits per heavy atom. The molecule has 1 unspecified atom stereocenters. The van der Waals surface area contributed by atoms with Crippen LogP contribution in [0.1, 0.15) is 45.2 Å².